The molecule has 3 atom stereocenters. The first-order valence-corrected chi connectivity index (χ1v) is 7.88. The Morgan fingerprint density at radius 1 is 1.32 bits per heavy atom. The molecule has 122 valence electrons. The van der Waals surface area contributed by atoms with Gasteiger partial charge in [0.15, 0.2) is 0 Å². The van der Waals surface area contributed by atoms with Gasteiger partial charge in [0.25, 0.3) is 0 Å². The second kappa shape index (κ2) is 7.61. The average Bonchev–Trinajstić information content (AvgIpc) is 2.54. The van der Waals surface area contributed by atoms with E-state index in [9.17, 15) is 9.90 Å². The molecule has 0 saturated heterocycles. The number of aliphatic hydroxyl groups is 1. The van der Waals surface area contributed by atoms with Gasteiger partial charge in [0.2, 0.25) is 0 Å². The summed E-state index contributed by atoms with van der Waals surface area (Å²) in [4.78, 5) is 12.1. The summed E-state index contributed by atoms with van der Waals surface area (Å²) in [6, 6.07) is 9.12. The molecule has 0 heterocycles. The third-order valence-electron chi connectivity index (χ3n) is 4.31. The van der Waals surface area contributed by atoms with Crippen molar-refractivity contribution in [2.75, 3.05) is 13.7 Å². The highest BCUT2D eigenvalue weighted by molar-refractivity contribution is 5.74. The lowest BCUT2D eigenvalue weighted by atomic mass is 9.92. The van der Waals surface area contributed by atoms with E-state index < -0.39 is 5.60 Å². The van der Waals surface area contributed by atoms with Crippen molar-refractivity contribution in [1.82, 2.24) is 10.6 Å². The fourth-order valence-electron chi connectivity index (χ4n) is 2.92. The van der Waals surface area contributed by atoms with E-state index in [-0.39, 0.29) is 24.7 Å². The topological polar surface area (TPSA) is 70.6 Å². The Morgan fingerprint density at radius 2 is 2.00 bits per heavy atom. The van der Waals surface area contributed by atoms with Crippen LogP contribution in [0.1, 0.15) is 38.2 Å². The number of methoxy groups -OCH3 is 1. The van der Waals surface area contributed by atoms with Crippen molar-refractivity contribution in [3.63, 3.8) is 0 Å². The van der Waals surface area contributed by atoms with Gasteiger partial charge in [0.1, 0.15) is 5.60 Å². The predicted molar refractivity (Wildman–Crippen MR) is 85.6 cm³/mol. The van der Waals surface area contributed by atoms with Gasteiger partial charge in [-0.15, -0.1) is 0 Å². The zero-order valence-corrected chi connectivity index (χ0v) is 13.3. The van der Waals surface area contributed by atoms with Gasteiger partial charge in [-0.25, -0.2) is 4.79 Å². The third kappa shape index (κ3) is 4.45. The van der Waals surface area contributed by atoms with Crippen LogP contribution in [0.25, 0.3) is 0 Å². The Bertz CT molecular complexity index is 476. The average molecular weight is 306 g/mol. The lowest BCUT2D eigenvalue weighted by Crippen LogP contribution is -2.51. The maximum atomic E-state index is 12.1. The number of nitrogens with one attached hydrogen (secondary N) is 2. The molecule has 1 saturated carbocycles. The van der Waals surface area contributed by atoms with Crippen molar-refractivity contribution >= 4 is 6.03 Å². The molecule has 3 unspecified atom stereocenters. The molecule has 1 aliphatic carbocycles. The third-order valence-corrected chi connectivity index (χ3v) is 4.31. The van der Waals surface area contributed by atoms with Crippen LogP contribution in [0.3, 0.4) is 0 Å². The molecule has 1 aliphatic rings. The molecule has 22 heavy (non-hydrogen) atoms. The van der Waals surface area contributed by atoms with Gasteiger partial charge in [-0.05, 0) is 25.3 Å². The summed E-state index contributed by atoms with van der Waals surface area (Å²) in [5, 5.41) is 16.2. The summed E-state index contributed by atoms with van der Waals surface area (Å²) in [7, 11) is 1.68. The van der Waals surface area contributed by atoms with Crippen LogP contribution in [-0.2, 0) is 10.3 Å². The summed E-state index contributed by atoms with van der Waals surface area (Å²) in [6.07, 6.45) is 4.23. The Kier molecular flexibility index (Phi) is 5.80. The second-order valence-electron chi connectivity index (χ2n) is 6.13. The Hall–Kier alpha value is -1.59. The van der Waals surface area contributed by atoms with Crippen molar-refractivity contribution in [2.45, 2.75) is 50.4 Å². The van der Waals surface area contributed by atoms with E-state index in [4.69, 9.17) is 4.74 Å². The van der Waals surface area contributed by atoms with Crippen LogP contribution < -0.4 is 10.6 Å². The molecule has 0 radical (unpaired) electrons. The smallest absolute Gasteiger partial charge is 0.315 e. The molecular formula is C17H26N2O3. The highest BCUT2D eigenvalue weighted by Gasteiger charge is 2.28. The minimum absolute atomic E-state index is 0.0421. The second-order valence-corrected chi connectivity index (χ2v) is 6.13. The van der Waals surface area contributed by atoms with Crippen molar-refractivity contribution in [1.29, 1.82) is 0 Å². The summed E-state index contributed by atoms with van der Waals surface area (Å²) >= 11 is 0. The normalized spacial score (nSPS) is 24.3. The Balaban J connectivity index is 1.84. The van der Waals surface area contributed by atoms with Crippen LogP contribution in [0.5, 0.6) is 0 Å². The molecular weight excluding hydrogens is 280 g/mol. The first-order valence-electron chi connectivity index (χ1n) is 7.88. The van der Waals surface area contributed by atoms with Crippen LogP contribution in [0.2, 0.25) is 0 Å². The van der Waals surface area contributed by atoms with E-state index in [1.165, 1.54) is 0 Å². The zero-order valence-electron chi connectivity index (χ0n) is 13.3. The summed E-state index contributed by atoms with van der Waals surface area (Å²) in [6.45, 7) is 1.86. The van der Waals surface area contributed by atoms with Crippen LogP contribution >= 0.6 is 0 Å². The quantitative estimate of drug-likeness (QED) is 0.780. The molecule has 5 heteroatoms. The highest BCUT2D eigenvalue weighted by atomic mass is 16.5. The maximum absolute atomic E-state index is 12.1. The van der Waals surface area contributed by atoms with Crippen molar-refractivity contribution in [2.24, 2.45) is 0 Å². The number of rotatable bonds is 5. The van der Waals surface area contributed by atoms with Crippen LogP contribution in [0.15, 0.2) is 30.3 Å². The summed E-state index contributed by atoms with van der Waals surface area (Å²) < 4.78 is 5.43. The first kappa shape index (κ1) is 16.8. The Labute approximate surface area is 132 Å². The molecule has 3 N–H and O–H groups in total. The van der Waals surface area contributed by atoms with Crippen molar-refractivity contribution in [3.05, 3.63) is 35.9 Å². The van der Waals surface area contributed by atoms with Crippen LogP contribution in [-0.4, -0.2) is 36.9 Å². The number of benzene rings is 1. The summed E-state index contributed by atoms with van der Waals surface area (Å²) in [5.41, 5.74) is -0.311. The number of ether oxygens (including phenoxy) is 1. The van der Waals surface area contributed by atoms with E-state index in [0.717, 1.165) is 31.2 Å². The minimum atomic E-state index is -1.09. The zero-order chi connectivity index (χ0) is 16.0. The van der Waals surface area contributed by atoms with Gasteiger partial charge < -0.3 is 20.5 Å². The number of carbonyl (C=O) groups is 1. The van der Waals surface area contributed by atoms with Crippen LogP contribution in [0, 0.1) is 0 Å². The lowest BCUT2D eigenvalue weighted by molar-refractivity contribution is 0.0428. The van der Waals surface area contributed by atoms with E-state index >= 15 is 0 Å². The fourth-order valence-corrected chi connectivity index (χ4v) is 2.92. The lowest BCUT2D eigenvalue weighted by Gasteiger charge is -2.31. The minimum Gasteiger partial charge on any atom is -0.384 e. The number of hydrogen-bond acceptors (Lipinski definition) is 3. The molecule has 0 spiro atoms. The predicted octanol–water partition coefficient (Wildman–Crippen LogP) is 2.15. The van der Waals surface area contributed by atoms with Gasteiger partial charge in [-0.1, -0.05) is 43.2 Å². The molecule has 2 rings (SSSR count). The fraction of sp³-hybridized carbons (Fsp3) is 0.588. The van der Waals surface area contributed by atoms with Gasteiger partial charge in [0, 0.05) is 7.11 Å². The van der Waals surface area contributed by atoms with E-state index in [1.54, 1.807) is 14.0 Å². The molecule has 0 aliphatic heterocycles. The SMILES string of the molecule is COC1CCCCC1NC(=O)NCC(C)(O)c1ccccc1. The number of carbonyl (C=O) groups excluding carboxylic acids is 1. The molecule has 5 nitrogen and oxygen atoms in total. The van der Waals surface area contributed by atoms with E-state index in [0.29, 0.717) is 0 Å². The van der Waals surface area contributed by atoms with Crippen molar-refractivity contribution < 1.29 is 14.6 Å². The molecule has 1 aromatic rings. The molecule has 1 aromatic carbocycles. The van der Waals surface area contributed by atoms with Gasteiger partial charge in [-0.3, -0.25) is 0 Å². The largest absolute Gasteiger partial charge is 0.384 e. The molecule has 1 fully saturated rings. The first-order chi connectivity index (χ1) is 10.5. The molecule has 0 aromatic heterocycles. The van der Waals surface area contributed by atoms with E-state index in [1.807, 2.05) is 30.3 Å². The standard InChI is InChI=1S/C17H26N2O3/c1-17(21,13-8-4-3-5-9-13)12-18-16(20)19-14-10-6-7-11-15(14)22-2/h3-5,8-9,14-15,21H,6-7,10-12H2,1-2H3,(H2,18,19,20). The highest BCUT2D eigenvalue weighted by Crippen LogP contribution is 2.21. The molecule has 2 amide bonds. The van der Waals surface area contributed by atoms with Crippen LogP contribution in [0.4, 0.5) is 4.79 Å². The Morgan fingerprint density at radius 3 is 2.68 bits per heavy atom. The van der Waals surface area contributed by atoms with Gasteiger partial charge in [0.05, 0.1) is 18.7 Å². The van der Waals surface area contributed by atoms with E-state index in [2.05, 4.69) is 10.6 Å². The molecule has 0 bridgehead atoms. The van der Waals surface area contributed by atoms with Crippen molar-refractivity contribution in [3.8, 4) is 0 Å². The van der Waals surface area contributed by atoms with Gasteiger partial charge in [-0.2, -0.15) is 0 Å². The maximum Gasteiger partial charge on any atom is 0.315 e. The number of urea groups is 1. The number of hydrogen-bond donors (Lipinski definition) is 3. The van der Waals surface area contributed by atoms with Gasteiger partial charge >= 0.3 is 6.03 Å². The summed E-state index contributed by atoms with van der Waals surface area (Å²) in [5.74, 6) is 0. The number of amides is 2. The monoisotopic (exact) mass is 306 g/mol.